The molecule has 0 bridgehead atoms. The Kier molecular flexibility index (Phi) is 14.8. The fourth-order valence-corrected chi connectivity index (χ4v) is 7.89. The lowest BCUT2D eigenvalue weighted by Crippen LogP contribution is -2.47. The number of hydrogen-bond donors (Lipinski definition) is 1. The predicted molar refractivity (Wildman–Crippen MR) is 170 cm³/mol. The van der Waals surface area contributed by atoms with Gasteiger partial charge in [-0.1, -0.05) is 73.5 Å². The van der Waals surface area contributed by atoms with E-state index in [2.05, 4.69) is 74.7 Å². The molecule has 0 aromatic heterocycles. The SMILES string of the molecule is CCCC[C@H](F)[C@@H](CC[C@@H]1[C@@H]([C@H](F)C=CCCCC(=O)O)CC[C@H]1O[Si](C)(C)C(C)(C)C)O[Si](C)(C)C(C)(C)C. The zero-order chi connectivity index (χ0) is 30.9. The zero-order valence-corrected chi connectivity index (χ0v) is 29.6. The quantitative estimate of drug-likeness (QED) is 0.102. The summed E-state index contributed by atoms with van der Waals surface area (Å²) in [6.45, 7) is 24.2. The molecule has 0 aliphatic heterocycles. The van der Waals surface area contributed by atoms with E-state index in [0.29, 0.717) is 32.1 Å². The fourth-order valence-electron chi connectivity index (χ4n) is 5.11. The molecule has 40 heavy (non-hydrogen) atoms. The van der Waals surface area contributed by atoms with Crippen LogP contribution in [-0.4, -0.2) is 52.3 Å². The number of aliphatic carboxylic acids is 1. The average Bonchev–Trinajstić information content (AvgIpc) is 3.19. The lowest BCUT2D eigenvalue weighted by molar-refractivity contribution is -0.137. The van der Waals surface area contributed by atoms with Crippen molar-refractivity contribution in [1.29, 1.82) is 0 Å². The molecule has 0 saturated heterocycles. The fraction of sp³-hybridized carbons (Fsp3) is 0.906. The Morgan fingerprint density at radius 2 is 1.57 bits per heavy atom. The lowest BCUT2D eigenvalue weighted by Gasteiger charge is -2.42. The van der Waals surface area contributed by atoms with Crippen LogP contribution in [0.25, 0.3) is 0 Å². The van der Waals surface area contributed by atoms with Crippen LogP contribution in [0.15, 0.2) is 12.2 Å². The average molecular weight is 605 g/mol. The highest BCUT2D eigenvalue weighted by molar-refractivity contribution is 6.74. The molecule has 0 heterocycles. The molecule has 0 amide bonds. The van der Waals surface area contributed by atoms with Crippen molar-refractivity contribution in [3.63, 3.8) is 0 Å². The van der Waals surface area contributed by atoms with Gasteiger partial charge in [-0.25, -0.2) is 8.78 Å². The van der Waals surface area contributed by atoms with Gasteiger partial charge in [0.2, 0.25) is 0 Å². The predicted octanol–water partition coefficient (Wildman–Crippen LogP) is 10.3. The van der Waals surface area contributed by atoms with Gasteiger partial charge in [0.05, 0.1) is 6.10 Å². The standard InChI is InChI=1S/C32H62F2O4Si2/c1-12-13-17-27(34)29(38-40(10,11)32(5,6)7)23-21-25-24(26(33)18-15-14-16-19-30(35)36)20-22-28(25)37-39(8,9)31(2,3)4/h15,18,24-29H,12-14,16-17,19-23H2,1-11H3,(H,35,36)/t24-,25+,26+,27-,28+,29+/m0/s1. The summed E-state index contributed by atoms with van der Waals surface area (Å²) in [5.74, 6) is -1.02. The van der Waals surface area contributed by atoms with Gasteiger partial charge < -0.3 is 14.0 Å². The molecule has 0 radical (unpaired) electrons. The largest absolute Gasteiger partial charge is 0.481 e. The van der Waals surface area contributed by atoms with Crippen molar-refractivity contribution in [2.45, 2.75) is 173 Å². The monoisotopic (exact) mass is 604 g/mol. The van der Waals surface area contributed by atoms with E-state index in [-0.39, 0.29) is 34.4 Å². The third kappa shape index (κ3) is 11.6. The van der Waals surface area contributed by atoms with E-state index in [0.717, 1.165) is 25.7 Å². The maximum Gasteiger partial charge on any atom is 0.303 e. The number of carbonyl (C=O) groups is 1. The summed E-state index contributed by atoms with van der Waals surface area (Å²) in [7, 11) is -4.27. The molecule has 1 saturated carbocycles. The Hall–Kier alpha value is -0.576. The van der Waals surface area contributed by atoms with E-state index in [1.807, 2.05) is 0 Å². The summed E-state index contributed by atoms with van der Waals surface area (Å²) in [6, 6.07) is 0. The molecule has 4 nitrogen and oxygen atoms in total. The third-order valence-electron chi connectivity index (χ3n) is 9.83. The molecule has 6 atom stereocenters. The topological polar surface area (TPSA) is 55.8 Å². The summed E-state index contributed by atoms with van der Waals surface area (Å²) in [5.41, 5.74) is 0. The Labute approximate surface area is 247 Å². The first-order chi connectivity index (χ1) is 18.2. The van der Waals surface area contributed by atoms with E-state index >= 15 is 8.78 Å². The van der Waals surface area contributed by atoms with Gasteiger partial charge in [-0.2, -0.15) is 0 Å². The molecule has 1 aliphatic rings. The van der Waals surface area contributed by atoms with Gasteiger partial charge in [-0.15, -0.1) is 0 Å². The van der Waals surface area contributed by atoms with Crippen LogP contribution >= 0.6 is 0 Å². The van der Waals surface area contributed by atoms with Crippen LogP contribution in [0.1, 0.15) is 113 Å². The molecule has 1 N–H and O–H groups in total. The molecule has 0 aromatic rings. The van der Waals surface area contributed by atoms with E-state index < -0.39 is 41.1 Å². The van der Waals surface area contributed by atoms with Crippen LogP contribution in [0.3, 0.4) is 0 Å². The smallest absolute Gasteiger partial charge is 0.303 e. The Morgan fingerprint density at radius 1 is 0.975 bits per heavy atom. The van der Waals surface area contributed by atoms with Gasteiger partial charge in [-0.3, -0.25) is 4.79 Å². The lowest BCUT2D eigenvalue weighted by atomic mass is 9.85. The van der Waals surface area contributed by atoms with Crippen molar-refractivity contribution in [2.75, 3.05) is 0 Å². The number of carboxylic acid groups (broad SMARTS) is 1. The number of unbranched alkanes of at least 4 members (excludes halogenated alkanes) is 2. The molecule has 1 rings (SSSR count). The van der Waals surface area contributed by atoms with E-state index in [9.17, 15) is 4.79 Å². The van der Waals surface area contributed by atoms with Gasteiger partial charge in [0.1, 0.15) is 12.3 Å². The Morgan fingerprint density at radius 3 is 2.10 bits per heavy atom. The van der Waals surface area contributed by atoms with Crippen LogP contribution < -0.4 is 0 Å². The second-order valence-electron chi connectivity index (χ2n) is 15.1. The van der Waals surface area contributed by atoms with Crippen LogP contribution in [0.4, 0.5) is 8.78 Å². The van der Waals surface area contributed by atoms with Crippen molar-refractivity contribution in [3.05, 3.63) is 12.2 Å². The maximum absolute atomic E-state index is 15.7. The highest BCUT2D eigenvalue weighted by Gasteiger charge is 2.47. The number of allylic oxidation sites excluding steroid dienone is 2. The number of carboxylic acids is 1. The van der Waals surface area contributed by atoms with E-state index in [4.69, 9.17) is 14.0 Å². The van der Waals surface area contributed by atoms with Gasteiger partial charge in [-0.05, 0) is 93.0 Å². The van der Waals surface area contributed by atoms with Crippen molar-refractivity contribution >= 4 is 22.6 Å². The summed E-state index contributed by atoms with van der Waals surface area (Å²) in [4.78, 5) is 10.8. The van der Waals surface area contributed by atoms with Crippen LogP contribution in [0.2, 0.25) is 36.3 Å². The number of rotatable bonds is 17. The molecule has 0 spiro atoms. The molecule has 1 aliphatic carbocycles. The first kappa shape index (κ1) is 37.4. The second-order valence-corrected chi connectivity index (χ2v) is 24.6. The number of halogens is 2. The van der Waals surface area contributed by atoms with Crippen molar-refractivity contribution in [1.82, 2.24) is 0 Å². The minimum atomic E-state index is -2.19. The molecule has 0 aromatic carbocycles. The first-order valence-electron chi connectivity index (χ1n) is 15.8. The summed E-state index contributed by atoms with van der Waals surface area (Å²) in [6.07, 6.45) is 7.00. The molecule has 236 valence electrons. The third-order valence-corrected chi connectivity index (χ3v) is 18.8. The molecule has 0 unspecified atom stereocenters. The van der Waals surface area contributed by atoms with Crippen molar-refractivity contribution < 1.29 is 27.5 Å². The number of hydrogen-bond acceptors (Lipinski definition) is 3. The Balaban J connectivity index is 3.18. The molecule has 1 fully saturated rings. The van der Waals surface area contributed by atoms with Crippen LogP contribution in [-0.2, 0) is 13.6 Å². The van der Waals surface area contributed by atoms with Gasteiger partial charge in [0.25, 0.3) is 0 Å². The molecular weight excluding hydrogens is 543 g/mol. The summed E-state index contributed by atoms with van der Waals surface area (Å²) < 4.78 is 45.0. The zero-order valence-electron chi connectivity index (χ0n) is 27.6. The van der Waals surface area contributed by atoms with Gasteiger partial charge in [0, 0.05) is 12.5 Å². The first-order valence-corrected chi connectivity index (χ1v) is 21.6. The second kappa shape index (κ2) is 15.8. The van der Waals surface area contributed by atoms with Gasteiger partial charge in [0.15, 0.2) is 16.6 Å². The Bertz CT molecular complexity index is 789. The van der Waals surface area contributed by atoms with Gasteiger partial charge >= 0.3 is 5.97 Å². The summed E-state index contributed by atoms with van der Waals surface area (Å²) >= 11 is 0. The normalized spacial score (nSPS) is 23.5. The summed E-state index contributed by atoms with van der Waals surface area (Å²) in [5, 5.41) is 8.90. The van der Waals surface area contributed by atoms with Crippen LogP contribution in [0.5, 0.6) is 0 Å². The molecule has 8 heteroatoms. The van der Waals surface area contributed by atoms with E-state index in [1.54, 1.807) is 12.2 Å². The molecular formula is C32H62F2O4Si2. The minimum absolute atomic E-state index is 0.00307. The van der Waals surface area contributed by atoms with Crippen molar-refractivity contribution in [2.24, 2.45) is 11.8 Å². The van der Waals surface area contributed by atoms with Crippen molar-refractivity contribution in [3.8, 4) is 0 Å². The minimum Gasteiger partial charge on any atom is -0.481 e. The van der Waals surface area contributed by atoms with E-state index in [1.165, 1.54) is 0 Å². The number of alkyl halides is 2. The van der Waals surface area contributed by atoms with Crippen LogP contribution in [0, 0.1) is 11.8 Å². The highest BCUT2D eigenvalue weighted by atomic mass is 28.4. The highest BCUT2D eigenvalue weighted by Crippen LogP contribution is 2.46. The maximum atomic E-state index is 15.7.